The van der Waals surface area contributed by atoms with Crippen LogP contribution >= 0.6 is 0 Å². The van der Waals surface area contributed by atoms with Crippen molar-refractivity contribution >= 4 is 6.41 Å². The minimum Gasteiger partial charge on any atom is -0.356 e. The average molecular weight is 155 g/mol. The molecule has 0 aromatic carbocycles. The lowest BCUT2D eigenvalue weighted by Gasteiger charge is -2.35. The Hall–Kier alpha value is -0.530. The van der Waals surface area contributed by atoms with Crippen molar-refractivity contribution in [1.29, 1.82) is 0 Å². The molecule has 11 heavy (non-hydrogen) atoms. The topological polar surface area (TPSA) is 29.1 Å². The number of nitrogens with one attached hydrogen (secondary N) is 1. The highest BCUT2D eigenvalue weighted by molar-refractivity contribution is 5.46. The lowest BCUT2D eigenvalue weighted by molar-refractivity contribution is -0.110. The van der Waals surface area contributed by atoms with Gasteiger partial charge < -0.3 is 5.32 Å². The third-order valence-electron chi connectivity index (χ3n) is 2.34. The van der Waals surface area contributed by atoms with Gasteiger partial charge in [-0.05, 0) is 31.1 Å². The van der Waals surface area contributed by atoms with Crippen molar-refractivity contribution in [3.63, 3.8) is 0 Å². The largest absolute Gasteiger partial charge is 0.356 e. The minimum absolute atomic E-state index is 0.483. The van der Waals surface area contributed by atoms with E-state index in [2.05, 4.69) is 19.2 Å². The molecule has 64 valence electrons. The summed E-state index contributed by atoms with van der Waals surface area (Å²) < 4.78 is 0. The maximum atomic E-state index is 10.0. The van der Waals surface area contributed by atoms with Crippen LogP contribution in [0.1, 0.15) is 33.1 Å². The van der Waals surface area contributed by atoms with E-state index in [1.165, 1.54) is 19.3 Å². The summed E-state index contributed by atoms with van der Waals surface area (Å²) in [4.78, 5) is 10.0. The van der Waals surface area contributed by atoms with E-state index in [0.29, 0.717) is 6.04 Å². The molecule has 0 heterocycles. The summed E-state index contributed by atoms with van der Waals surface area (Å²) in [5.74, 6) is 1.67. The number of carbonyl (C=O) groups is 1. The number of carbonyl (C=O) groups excluding carboxylic acids is 1. The van der Waals surface area contributed by atoms with Gasteiger partial charge in [0.05, 0.1) is 0 Å². The molecule has 2 heteroatoms. The monoisotopic (exact) mass is 155 g/mol. The Morgan fingerprint density at radius 1 is 1.55 bits per heavy atom. The van der Waals surface area contributed by atoms with Gasteiger partial charge in [-0.1, -0.05) is 13.8 Å². The molecule has 0 radical (unpaired) electrons. The molecule has 0 aliphatic heterocycles. The van der Waals surface area contributed by atoms with Crippen molar-refractivity contribution < 1.29 is 4.79 Å². The van der Waals surface area contributed by atoms with Gasteiger partial charge in [0, 0.05) is 6.04 Å². The van der Waals surface area contributed by atoms with Gasteiger partial charge >= 0.3 is 0 Å². The Labute approximate surface area is 68.4 Å². The molecule has 0 atom stereocenters. The van der Waals surface area contributed by atoms with Crippen LogP contribution in [0.4, 0.5) is 0 Å². The summed E-state index contributed by atoms with van der Waals surface area (Å²) in [6.45, 7) is 4.50. The van der Waals surface area contributed by atoms with Crippen LogP contribution in [0.25, 0.3) is 0 Å². The van der Waals surface area contributed by atoms with Crippen LogP contribution in [-0.4, -0.2) is 12.5 Å². The van der Waals surface area contributed by atoms with Gasteiger partial charge in [-0.2, -0.15) is 0 Å². The summed E-state index contributed by atoms with van der Waals surface area (Å²) in [6, 6.07) is 0.483. The molecule has 0 spiro atoms. The molecule has 0 bridgehead atoms. The van der Waals surface area contributed by atoms with Crippen LogP contribution < -0.4 is 5.32 Å². The number of amides is 1. The van der Waals surface area contributed by atoms with Gasteiger partial charge in [0.2, 0.25) is 6.41 Å². The van der Waals surface area contributed by atoms with Gasteiger partial charge in [0.1, 0.15) is 0 Å². The highest BCUT2D eigenvalue weighted by Gasteiger charge is 2.28. The first-order valence-corrected chi connectivity index (χ1v) is 4.42. The SMILES string of the molecule is CC(C)CC1CC(NC=O)C1. The van der Waals surface area contributed by atoms with E-state index in [9.17, 15) is 4.79 Å². The predicted molar refractivity (Wildman–Crippen MR) is 45.2 cm³/mol. The Morgan fingerprint density at radius 2 is 2.18 bits per heavy atom. The molecule has 1 saturated carbocycles. The summed E-state index contributed by atoms with van der Waals surface area (Å²) in [6.07, 6.45) is 4.52. The second-order valence-corrected chi connectivity index (χ2v) is 3.95. The molecular weight excluding hydrogens is 138 g/mol. The first kappa shape index (κ1) is 8.57. The van der Waals surface area contributed by atoms with Crippen molar-refractivity contribution in [2.24, 2.45) is 11.8 Å². The Balaban J connectivity index is 2.04. The lowest BCUT2D eigenvalue weighted by atomic mass is 9.76. The Morgan fingerprint density at radius 3 is 2.64 bits per heavy atom. The fraction of sp³-hybridized carbons (Fsp3) is 0.889. The van der Waals surface area contributed by atoms with E-state index >= 15 is 0 Å². The molecule has 0 unspecified atom stereocenters. The van der Waals surface area contributed by atoms with Crippen molar-refractivity contribution in [2.45, 2.75) is 39.2 Å². The lowest BCUT2D eigenvalue weighted by Crippen LogP contribution is -2.40. The predicted octanol–water partition coefficient (Wildman–Crippen LogP) is 1.56. The molecule has 1 N–H and O–H groups in total. The third-order valence-corrected chi connectivity index (χ3v) is 2.34. The van der Waals surface area contributed by atoms with Gasteiger partial charge in [0.25, 0.3) is 0 Å². The first-order chi connectivity index (χ1) is 5.22. The van der Waals surface area contributed by atoms with Crippen molar-refractivity contribution in [3.8, 4) is 0 Å². The summed E-state index contributed by atoms with van der Waals surface area (Å²) in [7, 11) is 0. The van der Waals surface area contributed by atoms with Crippen LogP contribution in [0.2, 0.25) is 0 Å². The molecule has 0 saturated heterocycles. The maximum Gasteiger partial charge on any atom is 0.207 e. The molecular formula is C9H17NO. The van der Waals surface area contributed by atoms with Crippen molar-refractivity contribution in [2.75, 3.05) is 0 Å². The Kier molecular flexibility index (Phi) is 2.92. The minimum atomic E-state index is 0.483. The van der Waals surface area contributed by atoms with Gasteiger partial charge in [0.15, 0.2) is 0 Å². The highest BCUT2D eigenvalue weighted by atomic mass is 16.1. The number of rotatable bonds is 4. The molecule has 1 aliphatic rings. The van der Waals surface area contributed by atoms with E-state index < -0.39 is 0 Å². The molecule has 1 aliphatic carbocycles. The van der Waals surface area contributed by atoms with Crippen LogP contribution in [-0.2, 0) is 4.79 Å². The van der Waals surface area contributed by atoms with Crippen LogP contribution in [0.15, 0.2) is 0 Å². The normalized spacial score (nSPS) is 29.7. The van der Waals surface area contributed by atoms with E-state index in [1.54, 1.807) is 0 Å². The summed E-state index contributed by atoms with van der Waals surface area (Å²) >= 11 is 0. The van der Waals surface area contributed by atoms with E-state index in [-0.39, 0.29) is 0 Å². The zero-order chi connectivity index (χ0) is 8.27. The van der Waals surface area contributed by atoms with Gasteiger partial charge in [-0.3, -0.25) is 4.79 Å². The zero-order valence-corrected chi connectivity index (χ0v) is 7.34. The molecule has 0 aromatic rings. The first-order valence-electron chi connectivity index (χ1n) is 4.42. The molecule has 2 nitrogen and oxygen atoms in total. The smallest absolute Gasteiger partial charge is 0.207 e. The summed E-state index contributed by atoms with van der Waals surface area (Å²) in [5, 5.41) is 2.80. The molecule has 1 rings (SSSR count). The standard InChI is InChI=1S/C9H17NO/c1-7(2)3-8-4-9(5-8)10-6-11/h6-9H,3-5H2,1-2H3,(H,10,11). The molecule has 1 fully saturated rings. The average Bonchev–Trinajstić information content (AvgIpc) is 1.82. The van der Waals surface area contributed by atoms with Crippen LogP contribution in [0, 0.1) is 11.8 Å². The second kappa shape index (κ2) is 3.74. The quantitative estimate of drug-likeness (QED) is 0.613. The summed E-state index contributed by atoms with van der Waals surface area (Å²) in [5.41, 5.74) is 0. The van der Waals surface area contributed by atoms with Crippen molar-refractivity contribution in [1.82, 2.24) is 5.32 Å². The highest BCUT2D eigenvalue weighted by Crippen LogP contribution is 2.32. The van der Waals surface area contributed by atoms with Crippen molar-refractivity contribution in [3.05, 3.63) is 0 Å². The third kappa shape index (κ3) is 2.52. The maximum absolute atomic E-state index is 10.0. The van der Waals surface area contributed by atoms with Gasteiger partial charge in [-0.15, -0.1) is 0 Å². The van der Waals surface area contributed by atoms with Gasteiger partial charge in [-0.25, -0.2) is 0 Å². The van der Waals surface area contributed by atoms with E-state index in [4.69, 9.17) is 0 Å². The van der Waals surface area contributed by atoms with Crippen LogP contribution in [0.3, 0.4) is 0 Å². The van der Waals surface area contributed by atoms with E-state index in [0.717, 1.165) is 18.2 Å². The van der Waals surface area contributed by atoms with Crippen LogP contribution in [0.5, 0.6) is 0 Å². The fourth-order valence-electron chi connectivity index (χ4n) is 1.83. The van der Waals surface area contributed by atoms with E-state index in [1.807, 2.05) is 0 Å². The fourth-order valence-corrected chi connectivity index (χ4v) is 1.83. The number of hydrogen-bond donors (Lipinski definition) is 1. The Bertz CT molecular complexity index is 128. The zero-order valence-electron chi connectivity index (χ0n) is 7.34. The second-order valence-electron chi connectivity index (χ2n) is 3.95. The number of hydrogen-bond acceptors (Lipinski definition) is 1. The molecule has 0 aromatic heterocycles. The molecule has 1 amide bonds.